The predicted octanol–water partition coefficient (Wildman–Crippen LogP) is 2.99. The molecular weight excluding hydrogens is 204 g/mol. The molecule has 0 radical (unpaired) electrons. The number of fused-ring (bicyclic) bond motifs is 1. The van der Waals surface area contributed by atoms with Crippen molar-refractivity contribution in [3.05, 3.63) is 0 Å². The molecule has 0 aromatic rings. The molecule has 15 heavy (non-hydrogen) atoms. The first-order valence-electron chi connectivity index (χ1n) is 5.93. The van der Waals surface area contributed by atoms with Gasteiger partial charge in [-0.2, -0.15) is 0 Å². The smallest absolute Gasteiger partial charge is 0.192 e. The van der Waals surface area contributed by atoms with E-state index in [4.69, 9.17) is 4.43 Å². The molecule has 1 unspecified atom stereocenters. The van der Waals surface area contributed by atoms with Gasteiger partial charge in [0.2, 0.25) is 0 Å². The van der Waals surface area contributed by atoms with Gasteiger partial charge >= 0.3 is 0 Å². The van der Waals surface area contributed by atoms with E-state index in [-0.39, 0.29) is 11.1 Å². The molecule has 0 bridgehead atoms. The van der Waals surface area contributed by atoms with E-state index in [1.54, 1.807) is 0 Å². The highest BCUT2D eigenvalue weighted by molar-refractivity contribution is 6.74. The lowest BCUT2D eigenvalue weighted by molar-refractivity contribution is -0.119. The minimum Gasteiger partial charge on any atom is -0.413 e. The molecule has 0 aliphatic heterocycles. The summed E-state index contributed by atoms with van der Waals surface area (Å²) in [7, 11) is -1.67. The van der Waals surface area contributed by atoms with Crippen LogP contribution in [-0.2, 0) is 9.22 Å². The van der Waals surface area contributed by atoms with Crippen molar-refractivity contribution in [2.24, 2.45) is 11.8 Å². The van der Waals surface area contributed by atoms with Crippen LogP contribution in [0.2, 0.25) is 18.1 Å². The van der Waals surface area contributed by atoms with Gasteiger partial charge in [0.15, 0.2) is 8.32 Å². The van der Waals surface area contributed by atoms with E-state index in [0.717, 1.165) is 6.42 Å². The van der Waals surface area contributed by atoms with Gasteiger partial charge < -0.3 is 4.43 Å². The number of hydrogen-bond donors (Lipinski definition) is 0. The molecule has 0 amide bonds. The van der Waals surface area contributed by atoms with E-state index >= 15 is 0 Å². The van der Waals surface area contributed by atoms with Crippen LogP contribution >= 0.6 is 0 Å². The van der Waals surface area contributed by atoms with Crippen LogP contribution in [0.15, 0.2) is 0 Å². The second-order valence-electron chi connectivity index (χ2n) is 6.59. The molecule has 2 nitrogen and oxygen atoms in total. The Hall–Kier alpha value is -0.153. The highest BCUT2D eigenvalue weighted by Gasteiger charge is 2.56. The molecule has 0 spiro atoms. The SMILES string of the molecule is CC(C)(C)[Si](C)(C)O[C@H]1CC(=O)C2C[C@@H]21. The first-order chi connectivity index (χ1) is 6.72. The normalized spacial score (nSPS) is 35.5. The van der Waals surface area contributed by atoms with Gasteiger partial charge in [0.25, 0.3) is 0 Å². The molecule has 3 heteroatoms. The Morgan fingerprint density at radius 3 is 2.27 bits per heavy atom. The van der Waals surface area contributed by atoms with E-state index in [0.29, 0.717) is 24.0 Å². The van der Waals surface area contributed by atoms with Crippen molar-refractivity contribution in [3.8, 4) is 0 Å². The van der Waals surface area contributed by atoms with Gasteiger partial charge in [-0.3, -0.25) is 4.79 Å². The molecule has 2 aliphatic carbocycles. The van der Waals surface area contributed by atoms with Crippen molar-refractivity contribution >= 4 is 14.1 Å². The Labute approximate surface area is 93.5 Å². The highest BCUT2D eigenvalue weighted by Crippen LogP contribution is 2.52. The van der Waals surface area contributed by atoms with E-state index in [1.165, 1.54) is 0 Å². The fourth-order valence-corrected chi connectivity index (χ4v) is 3.55. The zero-order chi connectivity index (χ0) is 11.4. The van der Waals surface area contributed by atoms with Gasteiger partial charge in [-0.1, -0.05) is 20.8 Å². The molecule has 2 fully saturated rings. The number of carbonyl (C=O) groups is 1. The summed E-state index contributed by atoms with van der Waals surface area (Å²) in [6.07, 6.45) is 2.03. The maximum absolute atomic E-state index is 11.5. The zero-order valence-electron chi connectivity index (χ0n) is 10.5. The maximum atomic E-state index is 11.5. The molecule has 0 aromatic heterocycles. The van der Waals surface area contributed by atoms with Crippen LogP contribution < -0.4 is 0 Å². The summed E-state index contributed by atoms with van der Waals surface area (Å²) in [5, 5.41) is 0.253. The van der Waals surface area contributed by atoms with Gasteiger partial charge in [0.1, 0.15) is 5.78 Å². The molecule has 3 atom stereocenters. The lowest BCUT2D eigenvalue weighted by atomic mass is 10.2. The quantitative estimate of drug-likeness (QED) is 0.677. The molecule has 0 N–H and O–H groups in total. The minimum absolute atomic E-state index is 0.253. The van der Waals surface area contributed by atoms with Crippen LogP contribution in [-0.4, -0.2) is 20.2 Å². The molecular formula is C12H22O2Si. The predicted molar refractivity (Wildman–Crippen MR) is 63.3 cm³/mol. The third kappa shape index (κ3) is 1.92. The molecule has 0 saturated heterocycles. The van der Waals surface area contributed by atoms with Crippen LogP contribution in [0.4, 0.5) is 0 Å². The summed E-state index contributed by atoms with van der Waals surface area (Å²) < 4.78 is 6.31. The third-order valence-corrected chi connectivity index (χ3v) is 8.89. The van der Waals surface area contributed by atoms with Gasteiger partial charge in [0.05, 0.1) is 6.10 Å². The summed E-state index contributed by atoms with van der Waals surface area (Å²) >= 11 is 0. The summed E-state index contributed by atoms with van der Waals surface area (Å²) in [6, 6.07) is 0. The average Bonchev–Trinajstić information content (AvgIpc) is 2.73. The molecule has 86 valence electrons. The number of ketones is 1. The number of Topliss-reactive ketones (excluding diaryl/α,β-unsaturated/α-hetero) is 1. The third-order valence-electron chi connectivity index (χ3n) is 4.39. The monoisotopic (exact) mass is 226 g/mol. The van der Waals surface area contributed by atoms with Crippen molar-refractivity contribution in [1.29, 1.82) is 0 Å². The average molecular weight is 226 g/mol. The van der Waals surface area contributed by atoms with Crippen molar-refractivity contribution in [1.82, 2.24) is 0 Å². The summed E-state index contributed by atoms with van der Waals surface area (Å²) in [5.74, 6) is 1.40. The molecule has 2 rings (SSSR count). The molecule has 2 aliphatic rings. The van der Waals surface area contributed by atoms with Gasteiger partial charge in [-0.15, -0.1) is 0 Å². The number of carbonyl (C=O) groups excluding carboxylic acids is 1. The lowest BCUT2D eigenvalue weighted by Crippen LogP contribution is -2.44. The second kappa shape index (κ2) is 3.17. The van der Waals surface area contributed by atoms with Crippen LogP contribution in [0, 0.1) is 11.8 Å². The van der Waals surface area contributed by atoms with Crippen molar-refractivity contribution in [3.63, 3.8) is 0 Å². The lowest BCUT2D eigenvalue weighted by Gasteiger charge is -2.38. The fourth-order valence-electron chi connectivity index (χ4n) is 2.18. The van der Waals surface area contributed by atoms with Crippen LogP contribution in [0.25, 0.3) is 0 Å². The van der Waals surface area contributed by atoms with Crippen molar-refractivity contribution in [2.45, 2.75) is 57.8 Å². The zero-order valence-corrected chi connectivity index (χ0v) is 11.5. The minimum atomic E-state index is -1.67. The van der Waals surface area contributed by atoms with E-state index in [2.05, 4.69) is 33.9 Å². The van der Waals surface area contributed by atoms with Gasteiger partial charge in [-0.05, 0) is 30.5 Å². The van der Waals surface area contributed by atoms with Gasteiger partial charge in [0, 0.05) is 12.3 Å². The Balaban J connectivity index is 2.01. The van der Waals surface area contributed by atoms with Crippen LogP contribution in [0.1, 0.15) is 33.6 Å². The van der Waals surface area contributed by atoms with E-state index in [9.17, 15) is 4.79 Å². The van der Waals surface area contributed by atoms with Crippen LogP contribution in [0.5, 0.6) is 0 Å². The largest absolute Gasteiger partial charge is 0.413 e. The highest BCUT2D eigenvalue weighted by atomic mass is 28.4. The first-order valence-corrected chi connectivity index (χ1v) is 8.84. The Morgan fingerprint density at radius 2 is 1.93 bits per heavy atom. The maximum Gasteiger partial charge on any atom is 0.192 e. The fraction of sp³-hybridized carbons (Fsp3) is 0.917. The Bertz CT molecular complexity index is 290. The van der Waals surface area contributed by atoms with Crippen molar-refractivity contribution in [2.75, 3.05) is 0 Å². The van der Waals surface area contributed by atoms with Crippen molar-refractivity contribution < 1.29 is 9.22 Å². The van der Waals surface area contributed by atoms with E-state index < -0.39 is 8.32 Å². The molecule has 0 aromatic carbocycles. The summed E-state index contributed by atoms with van der Waals surface area (Å²) in [4.78, 5) is 11.5. The van der Waals surface area contributed by atoms with Gasteiger partial charge in [-0.25, -0.2) is 0 Å². The topological polar surface area (TPSA) is 26.3 Å². The first kappa shape index (κ1) is 11.3. The Kier molecular flexibility index (Phi) is 2.40. The second-order valence-corrected chi connectivity index (χ2v) is 11.3. The van der Waals surface area contributed by atoms with E-state index in [1.807, 2.05) is 0 Å². The molecule has 0 heterocycles. The van der Waals surface area contributed by atoms with Crippen LogP contribution in [0.3, 0.4) is 0 Å². The summed E-state index contributed by atoms with van der Waals surface area (Å²) in [6.45, 7) is 11.3. The molecule has 2 saturated carbocycles. The number of hydrogen-bond acceptors (Lipinski definition) is 2. The number of rotatable bonds is 2. The summed E-state index contributed by atoms with van der Waals surface area (Å²) in [5.41, 5.74) is 0. The standard InChI is InChI=1S/C12H22O2Si/c1-12(2,3)15(4,5)14-11-7-10(13)8-6-9(8)11/h8-9,11H,6-7H2,1-5H3/t8?,9-,11-/m0/s1. The Morgan fingerprint density at radius 1 is 1.33 bits per heavy atom.